The molecule has 0 unspecified atom stereocenters. The number of hydrogen-bond donors (Lipinski definition) is 3. The number of ether oxygens (including phenoxy) is 3. The average molecular weight is 705 g/mol. The van der Waals surface area contributed by atoms with Crippen molar-refractivity contribution >= 4 is 46.6 Å². The predicted molar refractivity (Wildman–Crippen MR) is 195 cm³/mol. The fourth-order valence-corrected chi connectivity index (χ4v) is 6.47. The van der Waals surface area contributed by atoms with Gasteiger partial charge in [-0.3, -0.25) is 9.59 Å². The van der Waals surface area contributed by atoms with Crippen LogP contribution in [0, 0.1) is 0 Å². The highest BCUT2D eigenvalue weighted by Gasteiger charge is 2.27. The number of nitrogens with one attached hydrogen (secondary N) is 3. The van der Waals surface area contributed by atoms with E-state index in [0.29, 0.717) is 35.7 Å². The highest BCUT2D eigenvalue weighted by Crippen LogP contribution is 2.43. The second-order valence-electron chi connectivity index (χ2n) is 12.7. The lowest BCUT2D eigenvalue weighted by atomic mass is 9.93. The van der Waals surface area contributed by atoms with Gasteiger partial charge in [-0.15, -0.1) is 11.3 Å². The maximum Gasteiger partial charge on any atom is 0.407 e. The molecule has 0 saturated carbocycles. The van der Waals surface area contributed by atoms with Gasteiger partial charge in [-0.2, -0.15) is 0 Å². The van der Waals surface area contributed by atoms with Gasteiger partial charge in [0.2, 0.25) is 0 Å². The first-order chi connectivity index (χ1) is 24.5. The lowest BCUT2D eigenvalue weighted by molar-refractivity contribution is 0.0522. The van der Waals surface area contributed by atoms with E-state index in [1.165, 1.54) is 13.2 Å². The number of benzene rings is 3. The van der Waals surface area contributed by atoms with Crippen LogP contribution in [0.1, 0.15) is 63.2 Å². The van der Waals surface area contributed by atoms with E-state index in [-0.39, 0.29) is 29.1 Å². The number of anilines is 2. The van der Waals surface area contributed by atoms with Crippen molar-refractivity contribution in [1.29, 1.82) is 0 Å². The van der Waals surface area contributed by atoms with Gasteiger partial charge in [0.05, 0.1) is 13.7 Å². The summed E-state index contributed by atoms with van der Waals surface area (Å²) in [5.74, 6) is -1.20. The molecule has 1 aliphatic rings. The van der Waals surface area contributed by atoms with Crippen LogP contribution in [0.4, 0.5) is 16.2 Å². The van der Waals surface area contributed by atoms with Gasteiger partial charge in [0.1, 0.15) is 17.0 Å². The van der Waals surface area contributed by atoms with Crippen LogP contribution in [0.5, 0.6) is 5.75 Å². The number of esters is 1. The van der Waals surface area contributed by atoms with Gasteiger partial charge in [-0.25, -0.2) is 14.6 Å². The molecule has 0 spiro atoms. The molecule has 0 atom stereocenters. The number of pyridine rings is 1. The first-order valence-electron chi connectivity index (χ1n) is 16.2. The molecule has 1 aliphatic heterocycles. The number of fused-ring (bicyclic) bond motifs is 3. The Kier molecular flexibility index (Phi) is 10.1. The Morgan fingerprint density at radius 1 is 0.843 bits per heavy atom. The molecule has 2 aromatic heterocycles. The Morgan fingerprint density at radius 3 is 2.29 bits per heavy atom. The number of carbonyl (C=O) groups excluding carboxylic acids is 4. The van der Waals surface area contributed by atoms with Crippen LogP contribution in [-0.2, 0) is 22.4 Å². The Labute approximate surface area is 299 Å². The van der Waals surface area contributed by atoms with Crippen molar-refractivity contribution in [3.63, 3.8) is 0 Å². The zero-order valence-corrected chi connectivity index (χ0v) is 29.3. The summed E-state index contributed by atoms with van der Waals surface area (Å²) in [5, 5.41) is 10.5. The Balaban J connectivity index is 1.35. The topological polar surface area (TPSA) is 145 Å². The van der Waals surface area contributed by atoms with Crippen molar-refractivity contribution in [3.05, 3.63) is 118 Å². The van der Waals surface area contributed by atoms with Crippen molar-refractivity contribution in [2.75, 3.05) is 24.4 Å². The standard InChI is InChI=1S/C39H36N4O7S/c1-39(2,3)50-38(47)40-22-23-10-12-26(13-11-23)41-35(44)29-20-30-32(49-18-16-24-17-19-51-34(24)30)21-28(29)27-14-15-31(43-33(27)37(46)48-4)36(45)42-25-8-6-5-7-9-25/h5-15,17,19-21H,16,18,22H2,1-4H3,(H,40,47)(H,41,44)(H,42,45). The molecule has 11 nitrogen and oxygen atoms in total. The van der Waals surface area contributed by atoms with E-state index in [0.717, 1.165) is 21.6 Å². The summed E-state index contributed by atoms with van der Waals surface area (Å²) in [5.41, 5.74) is 3.88. The molecular formula is C39H36N4O7S. The van der Waals surface area contributed by atoms with E-state index in [9.17, 15) is 19.2 Å². The Morgan fingerprint density at radius 2 is 1.57 bits per heavy atom. The van der Waals surface area contributed by atoms with Crippen molar-refractivity contribution in [1.82, 2.24) is 10.3 Å². The highest BCUT2D eigenvalue weighted by atomic mass is 32.1. The molecule has 260 valence electrons. The number of carbonyl (C=O) groups is 4. The zero-order valence-electron chi connectivity index (χ0n) is 28.5. The summed E-state index contributed by atoms with van der Waals surface area (Å²) >= 11 is 1.55. The molecule has 0 aliphatic carbocycles. The normalized spacial score (nSPS) is 11.9. The van der Waals surface area contributed by atoms with Gasteiger partial charge in [-0.05, 0) is 91.9 Å². The van der Waals surface area contributed by atoms with Gasteiger partial charge in [0.25, 0.3) is 11.8 Å². The van der Waals surface area contributed by atoms with Crippen molar-refractivity contribution < 1.29 is 33.4 Å². The smallest absolute Gasteiger partial charge is 0.407 e. The van der Waals surface area contributed by atoms with E-state index in [1.807, 2.05) is 17.5 Å². The molecule has 12 heteroatoms. The third kappa shape index (κ3) is 8.25. The lowest BCUT2D eigenvalue weighted by Gasteiger charge is -2.19. The van der Waals surface area contributed by atoms with E-state index >= 15 is 0 Å². The van der Waals surface area contributed by atoms with Crippen LogP contribution in [0.3, 0.4) is 0 Å². The molecule has 0 bridgehead atoms. The van der Waals surface area contributed by atoms with E-state index in [2.05, 4.69) is 20.9 Å². The second kappa shape index (κ2) is 14.9. The summed E-state index contributed by atoms with van der Waals surface area (Å²) < 4.78 is 16.6. The van der Waals surface area contributed by atoms with E-state index < -0.39 is 29.5 Å². The van der Waals surface area contributed by atoms with Gasteiger partial charge in [-0.1, -0.05) is 30.3 Å². The number of rotatable bonds is 8. The van der Waals surface area contributed by atoms with Gasteiger partial charge in [0, 0.05) is 51.5 Å². The number of alkyl carbamates (subject to hydrolysis) is 1. The summed E-state index contributed by atoms with van der Waals surface area (Å²) in [4.78, 5) is 58.0. The van der Waals surface area contributed by atoms with Crippen LogP contribution in [0.25, 0.3) is 21.6 Å². The average Bonchev–Trinajstić information content (AvgIpc) is 3.51. The lowest BCUT2D eigenvalue weighted by Crippen LogP contribution is -2.32. The number of thiophene rings is 1. The molecular weight excluding hydrogens is 669 g/mol. The third-order valence-electron chi connectivity index (χ3n) is 7.86. The van der Waals surface area contributed by atoms with Crippen molar-refractivity contribution in [2.24, 2.45) is 0 Å². The minimum Gasteiger partial charge on any atom is -0.493 e. The Bertz CT molecular complexity index is 2100. The van der Waals surface area contributed by atoms with E-state index in [4.69, 9.17) is 14.2 Å². The quantitative estimate of drug-likeness (QED) is 0.139. The molecule has 6 rings (SSSR count). The maximum atomic E-state index is 14.2. The first-order valence-corrected chi connectivity index (χ1v) is 17.1. The number of amides is 3. The predicted octanol–water partition coefficient (Wildman–Crippen LogP) is 7.73. The van der Waals surface area contributed by atoms with Crippen LogP contribution < -0.4 is 20.7 Å². The largest absolute Gasteiger partial charge is 0.493 e. The SMILES string of the molecule is COC(=O)c1nc(C(=O)Nc2ccccc2)ccc1-c1cc2c(cc1C(=O)Nc1ccc(CNC(=O)OC(C)(C)C)cc1)-c1sccc1CCO2. The summed E-state index contributed by atoms with van der Waals surface area (Å²) in [7, 11) is 1.23. The Hall–Kier alpha value is -6.01. The number of hydrogen-bond acceptors (Lipinski definition) is 9. The molecule has 3 N–H and O–H groups in total. The van der Waals surface area contributed by atoms with Crippen molar-refractivity contribution in [3.8, 4) is 27.3 Å². The minimum atomic E-state index is -0.780. The summed E-state index contributed by atoms with van der Waals surface area (Å²) in [6, 6.07) is 24.5. The number of para-hydroxylation sites is 1. The molecule has 3 aromatic carbocycles. The summed E-state index contributed by atoms with van der Waals surface area (Å²) in [6.45, 7) is 6.04. The van der Waals surface area contributed by atoms with Crippen LogP contribution in [0.15, 0.2) is 90.3 Å². The second-order valence-corrected chi connectivity index (χ2v) is 13.6. The zero-order chi connectivity index (χ0) is 36.1. The highest BCUT2D eigenvalue weighted by molar-refractivity contribution is 7.13. The first kappa shape index (κ1) is 34.8. The summed E-state index contributed by atoms with van der Waals surface area (Å²) in [6.07, 6.45) is 0.166. The van der Waals surface area contributed by atoms with Crippen LogP contribution in [0.2, 0.25) is 0 Å². The minimum absolute atomic E-state index is 0.00973. The molecule has 5 aromatic rings. The van der Waals surface area contributed by atoms with Crippen LogP contribution in [-0.4, -0.2) is 48.2 Å². The van der Waals surface area contributed by atoms with E-state index in [1.54, 1.807) is 98.8 Å². The maximum absolute atomic E-state index is 14.2. The third-order valence-corrected chi connectivity index (χ3v) is 8.85. The number of aromatic nitrogens is 1. The monoisotopic (exact) mass is 704 g/mol. The van der Waals surface area contributed by atoms with Crippen molar-refractivity contribution in [2.45, 2.75) is 39.3 Å². The molecule has 3 amide bonds. The molecule has 0 fully saturated rings. The van der Waals surface area contributed by atoms with Gasteiger partial charge < -0.3 is 30.2 Å². The fourth-order valence-electron chi connectivity index (χ4n) is 5.49. The van der Waals surface area contributed by atoms with Crippen LogP contribution >= 0.6 is 11.3 Å². The van der Waals surface area contributed by atoms with Gasteiger partial charge in [0.15, 0.2) is 5.69 Å². The van der Waals surface area contributed by atoms with Gasteiger partial charge >= 0.3 is 12.1 Å². The fraction of sp³-hybridized carbons (Fsp3) is 0.205. The molecule has 0 radical (unpaired) electrons. The molecule has 3 heterocycles. The molecule has 0 saturated heterocycles. The molecule has 51 heavy (non-hydrogen) atoms. The number of nitrogens with zero attached hydrogens (tertiary/aromatic N) is 1. The number of methoxy groups -OCH3 is 1.